The Balaban J connectivity index is 1.58. The van der Waals surface area contributed by atoms with E-state index >= 15 is 0 Å². The molecule has 0 bridgehead atoms. The van der Waals surface area contributed by atoms with E-state index in [1.807, 2.05) is 24.3 Å². The topological polar surface area (TPSA) is 55.5 Å². The third-order valence-corrected chi connectivity index (χ3v) is 5.86. The lowest BCUT2D eigenvalue weighted by Crippen LogP contribution is -2.85. The molecule has 0 saturated heterocycles. The molecule has 28 heavy (non-hydrogen) atoms. The van der Waals surface area contributed by atoms with Crippen LogP contribution in [0.2, 0.25) is 5.02 Å². The standard InChI is InChI=1S/C22H20ClN3OS/c1-14-8-10-16(11-9-14)20(19-7-4-12-28-19)24-15(2)21-25-26-22(27-21)17-5-3-6-18(23)13-17/h3-13,15,20,24H,1-2H3/p+1/t15-,20+/m1/s1. The van der Waals surface area contributed by atoms with E-state index in [0.29, 0.717) is 16.8 Å². The van der Waals surface area contributed by atoms with E-state index < -0.39 is 0 Å². The van der Waals surface area contributed by atoms with Crippen LogP contribution in [0.5, 0.6) is 0 Å². The zero-order chi connectivity index (χ0) is 19.5. The van der Waals surface area contributed by atoms with Crippen molar-refractivity contribution in [2.45, 2.75) is 25.9 Å². The minimum Gasteiger partial charge on any atom is -0.415 e. The zero-order valence-electron chi connectivity index (χ0n) is 15.7. The number of rotatable bonds is 6. The number of aromatic nitrogens is 2. The van der Waals surface area contributed by atoms with Crippen LogP contribution in [-0.4, -0.2) is 10.2 Å². The van der Waals surface area contributed by atoms with E-state index in [0.717, 1.165) is 5.56 Å². The molecule has 0 saturated carbocycles. The highest BCUT2D eigenvalue weighted by Gasteiger charge is 2.26. The monoisotopic (exact) mass is 410 g/mol. The number of nitrogens with zero attached hydrogens (tertiary/aromatic N) is 2. The summed E-state index contributed by atoms with van der Waals surface area (Å²) in [6.45, 7) is 4.19. The highest BCUT2D eigenvalue weighted by atomic mass is 35.5. The van der Waals surface area contributed by atoms with E-state index in [9.17, 15) is 0 Å². The summed E-state index contributed by atoms with van der Waals surface area (Å²) in [6, 6.07) is 20.6. The second-order valence-corrected chi connectivity index (χ2v) is 8.26. The Morgan fingerprint density at radius 1 is 1.04 bits per heavy atom. The Morgan fingerprint density at radius 3 is 2.57 bits per heavy atom. The molecular formula is C22H21ClN3OS+. The zero-order valence-corrected chi connectivity index (χ0v) is 17.2. The number of halogens is 1. The van der Waals surface area contributed by atoms with E-state index in [1.165, 1.54) is 16.0 Å². The molecule has 0 radical (unpaired) electrons. The fourth-order valence-corrected chi connectivity index (χ4v) is 4.16. The van der Waals surface area contributed by atoms with Gasteiger partial charge in [-0.1, -0.05) is 53.6 Å². The molecule has 0 aliphatic heterocycles. The number of hydrogen-bond donors (Lipinski definition) is 1. The Hall–Kier alpha value is -2.47. The Kier molecular flexibility index (Phi) is 5.57. The van der Waals surface area contributed by atoms with Crippen LogP contribution in [0, 0.1) is 6.92 Å². The molecule has 2 heterocycles. The SMILES string of the molecule is Cc1ccc([C@H]([NH2+][C@H](C)c2nnc(-c3cccc(Cl)c3)o2)c2cccs2)cc1. The van der Waals surface area contributed by atoms with Crippen LogP contribution in [0.25, 0.3) is 11.5 Å². The molecular weight excluding hydrogens is 390 g/mol. The van der Waals surface area contributed by atoms with Gasteiger partial charge in [-0.2, -0.15) is 0 Å². The van der Waals surface area contributed by atoms with Crippen molar-refractivity contribution in [1.29, 1.82) is 0 Å². The van der Waals surface area contributed by atoms with E-state index in [2.05, 4.69) is 71.1 Å². The second kappa shape index (κ2) is 8.27. The maximum absolute atomic E-state index is 6.07. The van der Waals surface area contributed by atoms with Crippen molar-refractivity contribution in [2.75, 3.05) is 0 Å². The van der Waals surface area contributed by atoms with Crippen molar-refractivity contribution < 1.29 is 9.73 Å². The quantitative estimate of drug-likeness (QED) is 0.476. The normalized spacial score (nSPS) is 13.4. The summed E-state index contributed by atoms with van der Waals surface area (Å²) in [4.78, 5) is 1.30. The molecule has 4 rings (SSSR count). The molecule has 0 aliphatic rings. The minimum atomic E-state index is 0.00818. The molecule has 2 atom stereocenters. The van der Waals surface area contributed by atoms with Crippen LogP contribution in [0.1, 0.15) is 40.9 Å². The van der Waals surface area contributed by atoms with Gasteiger partial charge in [0.1, 0.15) is 6.04 Å². The molecule has 4 nitrogen and oxygen atoms in total. The molecule has 2 aromatic carbocycles. The van der Waals surface area contributed by atoms with Crippen LogP contribution in [0.4, 0.5) is 0 Å². The maximum atomic E-state index is 6.07. The van der Waals surface area contributed by atoms with Gasteiger partial charge in [-0.25, -0.2) is 0 Å². The third kappa shape index (κ3) is 4.17. The summed E-state index contributed by atoms with van der Waals surface area (Å²) < 4.78 is 5.95. The fourth-order valence-electron chi connectivity index (χ4n) is 3.14. The van der Waals surface area contributed by atoms with E-state index in [4.69, 9.17) is 16.0 Å². The summed E-state index contributed by atoms with van der Waals surface area (Å²) in [7, 11) is 0. The maximum Gasteiger partial charge on any atom is 0.274 e. The first-order valence-electron chi connectivity index (χ1n) is 9.14. The number of quaternary nitrogens is 1. The predicted octanol–water partition coefficient (Wildman–Crippen LogP) is 5.17. The summed E-state index contributed by atoms with van der Waals surface area (Å²) in [5.74, 6) is 1.09. The molecule has 6 heteroatoms. The van der Waals surface area contributed by atoms with Gasteiger partial charge in [0.15, 0.2) is 6.04 Å². The van der Waals surface area contributed by atoms with Gasteiger partial charge in [-0.15, -0.1) is 21.5 Å². The van der Waals surface area contributed by atoms with Crippen LogP contribution in [0.15, 0.2) is 70.5 Å². The molecule has 2 N–H and O–H groups in total. The molecule has 0 unspecified atom stereocenters. The first kappa shape index (κ1) is 18.9. The van der Waals surface area contributed by atoms with Crippen molar-refractivity contribution in [2.24, 2.45) is 0 Å². The summed E-state index contributed by atoms with van der Waals surface area (Å²) in [5.41, 5.74) is 3.34. The van der Waals surface area contributed by atoms with Crippen LogP contribution >= 0.6 is 22.9 Å². The van der Waals surface area contributed by atoms with E-state index in [-0.39, 0.29) is 12.1 Å². The van der Waals surface area contributed by atoms with Gasteiger partial charge in [0.25, 0.3) is 5.89 Å². The van der Waals surface area contributed by atoms with Crippen LogP contribution < -0.4 is 5.32 Å². The number of hydrogen-bond acceptors (Lipinski definition) is 4. The first-order chi connectivity index (χ1) is 13.6. The largest absolute Gasteiger partial charge is 0.415 e. The second-order valence-electron chi connectivity index (χ2n) is 6.84. The van der Waals surface area contributed by atoms with Crippen molar-refractivity contribution in [3.8, 4) is 11.5 Å². The average molecular weight is 411 g/mol. The molecule has 0 fully saturated rings. The van der Waals surface area contributed by atoms with Crippen LogP contribution in [0.3, 0.4) is 0 Å². The van der Waals surface area contributed by atoms with Gasteiger partial charge in [-0.3, -0.25) is 0 Å². The number of nitrogens with two attached hydrogens (primary N) is 1. The molecule has 2 aromatic heterocycles. The predicted molar refractivity (Wildman–Crippen MR) is 112 cm³/mol. The van der Waals surface area contributed by atoms with Gasteiger partial charge in [0.2, 0.25) is 5.89 Å². The lowest BCUT2D eigenvalue weighted by atomic mass is 10.0. The fraction of sp³-hybridized carbons (Fsp3) is 0.182. The lowest BCUT2D eigenvalue weighted by molar-refractivity contribution is -0.725. The van der Waals surface area contributed by atoms with Crippen LogP contribution in [-0.2, 0) is 0 Å². The third-order valence-electron chi connectivity index (χ3n) is 4.67. The molecule has 142 valence electrons. The van der Waals surface area contributed by atoms with E-state index in [1.54, 1.807) is 11.3 Å². The van der Waals surface area contributed by atoms with Crippen molar-refractivity contribution >= 4 is 22.9 Å². The van der Waals surface area contributed by atoms with Gasteiger partial charge < -0.3 is 9.73 Å². The summed E-state index contributed by atoms with van der Waals surface area (Å²) >= 11 is 7.83. The average Bonchev–Trinajstić information content (AvgIpc) is 3.39. The smallest absolute Gasteiger partial charge is 0.274 e. The highest BCUT2D eigenvalue weighted by molar-refractivity contribution is 7.10. The first-order valence-corrected chi connectivity index (χ1v) is 10.4. The van der Waals surface area contributed by atoms with Gasteiger partial charge in [-0.05, 0) is 43.5 Å². The van der Waals surface area contributed by atoms with Crippen molar-refractivity contribution in [3.63, 3.8) is 0 Å². The van der Waals surface area contributed by atoms with Crippen molar-refractivity contribution in [1.82, 2.24) is 10.2 Å². The van der Waals surface area contributed by atoms with Gasteiger partial charge >= 0.3 is 0 Å². The Labute approximate surface area is 173 Å². The van der Waals surface area contributed by atoms with Gasteiger partial charge in [0, 0.05) is 16.1 Å². The summed E-state index contributed by atoms with van der Waals surface area (Å²) in [5, 5.41) is 13.5. The Bertz CT molecular complexity index is 1040. The number of thiophene rings is 1. The number of benzene rings is 2. The summed E-state index contributed by atoms with van der Waals surface area (Å²) in [6.07, 6.45) is 0. The van der Waals surface area contributed by atoms with Crippen molar-refractivity contribution in [3.05, 3.63) is 93.0 Å². The number of aryl methyl sites for hydroxylation is 1. The molecule has 0 spiro atoms. The highest BCUT2D eigenvalue weighted by Crippen LogP contribution is 2.26. The minimum absolute atomic E-state index is 0.00818. The molecule has 0 amide bonds. The molecule has 0 aliphatic carbocycles. The lowest BCUT2D eigenvalue weighted by Gasteiger charge is -2.18. The Morgan fingerprint density at radius 2 is 1.86 bits per heavy atom. The van der Waals surface area contributed by atoms with Gasteiger partial charge in [0.05, 0.1) is 4.88 Å². The molecule has 4 aromatic rings.